The smallest absolute Gasteiger partial charge is 0.257 e. The fourth-order valence-electron chi connectivity index (χ4n) is 3.34. The van der Waals surface area contributed by atoms with Gasteiger partial charge in [-0.15, -0.1) is 0 Å². The number of likely N-dealkylation sites (N-methyl/N-ethyl adjacent to an activating group) is 1. The van der Waals surface area contributed by atoms with Crippen molar-refractivity contribution in [1.82, 2.24) is 14.8 Å². The normalized spacial score (nSPS) is 23.0. The molecule has 114 valence electrons. The van der Waals surface area contributed by atoms with Gasteiger partial charge < -0.3 is 15.5 Å². The fraction of sp³-hybridized carbons (Fsp3) is 0.625. The summed E-state index contributed by atoms with van der Waals surface area (Å²) < 4.78 is 0. The van der Waals surface area contributed by atoms with Crippen molar-refractivity contribution in [2.45, 2.75) is 32.7 Å². The topological polar surface area (TPSA) is 62.5 Å². The van der Waals surface area contributed by atoms with Crippen LogP contribution < -0.4 is 5.73 Å². The van der Waals surface area contributed by atoms with E-state index < -0.39 is 0 Å². The zero-order valence-electron chi connectivity index (χ0n) is 12.9. The van der Waals surface area contributed by atoms with E-state index in [1.165, 1.54) is 6.42 Å². The predicted octanol–water partition coefficient (Wildman–Crippen LogP) is 1.52. The van der Waals surface area contributed by atoms with Crippen LogP contribution in [0.4, 0.5) is 5.82 Å². The summed E-state index contributed by atoms with van der Waals surface area (Å²) in [5, 5.41) is 0. The molecule has 21 heavy (non-hydrogen) atoms. The van der Waals surface area contributed by atoms with Gasteiger partial charge in [0.1, 0.15) is 5.82 Å². The number of amides is 1. The highest BCUT2D eigenvalue weighted by atomic mass is 16.2. The van der Waals surface area contributed by atoms with Crippen molar-refractivity contribution in [2.75, 3.05) is 32.4 Å². The number of nitrogens with two attached hydrogens (primary N) is 1. The van der Waals surface area contributed by atoms with Crippen molar-refractivity contribution in [2.24, 2.45) is 5.92 Å². The molecule has 5 nitrogen and oxygen atoms in total. The third-order valence-corrected chi connectivity index (χ3v) is 4.57. The molecule has 5 heteroatoms. The minimum atomic E-state index is 0.0441. The summed E-state index contributed by atoms with van der Waals surface area (Å²) in [5.41, 5.74) is 8.83. The van der Waals surface area contributed by atoms with Crippen molar-refractivity contribution in [3.63, 3.8) is 0 Å². The molecule has 0 radical (unpaired) electrons. The quantitative estimate of drug-likeness (QED) is 0.851. The second-order valence-electron chi connectivity index (χ2n) is 6.51. The highest BCUT2D eigenvalue weighted by Crippen LogP contribution is 2.24. The van der Waals surface area contributed by atoms with Gasteiger partial charge in [-0.05, 0) is 37.4 Å². The minimum Gasteiger partial charge on any atom is -0.383 e. The summed E-state index contributed by atoms with van der Waals surface area (Å²) in [6.45, 7) is 5.70. The molecule has 1 saturated heterocycles. The van der Waals surface area contributed by atoms with Gasteiger partial charge in [0.25, 0.3) is 5.91 Å². The van der Waals surface area contributed by atoms with Crippen LogP contribution in [0.5, 0.6) is 0 Å². The van der Waals surface area contributed by atoms with Crippen LogP contribution in [0, 0.1) is 5.92 Å². The summed E-state index contributed by atoms with van der Waals surface area (Å²) in [6.07, 6.45) is 3.19. The van der Waals surface area contributed by atoms with E-state index in [4.69, 9.17) is 5.73 Å². The number of hydrogen-bond donors (Lipinski definition) is 1. The largest absolute Gasteiger partial charge is 0.383 e. The lowest BCUT2D eigenvalue weighted by atomic mass is 9.98. The first-order valence-corrected chi connectivity index (χ1v) is 7.80. The standard InChI is InChI=1S/C16H24N4O/c1-11-4-3-6-20(9-11)16(21)13-8-12-10-19(2)7-5-14(12)18-15(13)17/h8,11H,3-7,9-10H2,1-2H3,(H2,17,18)/t11-/m0/s1. The van der Waals surface area contributed by atoms with Crippen LogP contribution in [0.15, 0.2) is 6.07 Å². The number of hydrogen-bond acceptors (Lipinski definition) is 4. The number of nitrogens with zero attached hydrogens (tertiary/aromatic N) is 3. The average Bonchev–Trinajstić information content (AvgIpc) is 2.46. The molecule has 3 rings (SSSR count). The molecule has 1 aromatic rings. The zero-order valence-corrected chi connectivity index (χ0v) is 12.9. The number of piperidine rings is 1. The van der Waals surface area contributed by atoms with E-state index in [1.54, 1.807) is 0 Å². The van der Waals surface area contributed by atoms with Gasteiger partial charge in [0, 0.05) is 38.3 Å². The maximum Gasteiger partial charge on any atom is 0.257 e. The van der Waals surface area contributed by atoms with Gasteiger partial charge in [0.2, 0.25) is 0 Å². The van der Waals surface area contributed by atoms with Crippen LogP contribution in [-0.4, -0.2) is 47.4 Å². The molecule has 0 spiro atoms. The third-order valence-electron chi connectivity index (χ3n) is 4.57. The average molecular weight is 288 g/mol. The number of anilines is 1. The Balaban J connectivity index is 1.87. The molecule has 2 aliphatic heterocycles. The molecular formula is C16H24N4O. The summed E-state index contributed by atoms with van der Waals surface area (Å²) in [4.78, 5) is 21.4. The van der Waals surface area contributed by atoms with E-state index in [0.29, 0.717) is 17.3 Å². The molecular weight excluding hydrogens is 264 g/mol. The predicted molar refractivity (Wildman–Crippen MR) is 83.0 cm³/mol. The first-order chi connectivity index (χ1) is 10.0. The maximum atomic E-state index is 12.7. The molecule has 1 amide bonds. The zero-order chi connectivity index (χ0) is 15.0. The maximum absolute atomic E-state index is 12.7. The molecule has 2 N–H and O–H groups in total. The number of carbonyl (C=O) groups is 1. The Morgan fingerprint density at radius 2 is 2.24 bits per heavy atom. The van der Waals surface area contributed by atoms with Gasteiger partial charge in [-0.3, -0.25) is 4.79 Å². The van der Waals surface area contributed by atoms with Crippen LogP contribution in [0.1, 0.15) is 41.4 Å². The number of aromatic nitrogens is 1. The Kier molecular flexibility index (Phi) is 3.85. The lowest BCUT2D eigenvalue weighted by molar-refractivity contribution is 0.0683. The Hall–Kier alpha value is -1.62. The lowest BCUT2D eigenvalue weighted by Gasteiger charge is -2.32. The van der Waals surface area contributed by atoms with Gasteiger partial charge in [-0.1, -0.05) is 6.92 Å². The summed E-state index contributed by atoms with van der Waals surface area (Å²) >= 11 is 0. The highest BCUT2D eigenvalue weighted by Gasteiger charge is 2.26. The van der Waals surface area contributed by atoms with Gasteiger partial charge in [0.05, 0.1) is 5.56 Å². The first kappa shape index (κ1) is 14.3. The number of likely N-dealkylation sites (tertiary alicyclic amines) is 1. The van der Waals surface area contributed by atoms with Gasteiger partial charge >= 0.3 is 0 Å². The van der Waals surface area contributed by atoms with Crippen molar-refractivity contribution >= 4 is 11.7 Å². The molecule has 0 saturated carbocycles. The Morgan fingerprint density at radius 3 is 3.00 bits per heavy atom. The first-order valence-electron chi connectivity index (χ1n) is 7.80. The minimum absolute atomic E-state index is 0.0441. The Morgan fingerprint density at radius 1 is 1.43 bits per heavy atom. The number of rotatable bonds is 1. The molecule has 3 heterocycles. The van der Waals surface area contributed by atoms with Gasteiger partial charge in [0.15, 0.2) is 0 Å². The van der Waals surface area contributed by atoms with E-state index in [1.807, 2.05) is 11.0 Å². The summed E-state index contributed by atoms with van der Waals surface area (Å²) in [7, 11) is 2.09. The monoisotopic (exact) mass is 288 g/mol. The van der Waals surface area contributed by atoms with E-state index in [-0.39, 0.29) is 5.91 Å². The van der Waals surface area contributed by atoms with Crippen LogP contribution in [-0.2, 0) is 13.0 Å². The molecule has 1 atom stereocenters. The molecule has 2 aliphatic rings. The number of carbonyl (C=O) groups excluding carboxylic acids is 1. The van der Waals surface area contributed by atoms with Crippen LogP contribution in [0.25, 0.3) is 0 Å². The number of pyridine rings is 1. The molecule has 1 aromatic heterocycles. The van der Waals surface area contributed by atoms with Crippen molar-refractivity contribution in [1.29, 1.82) is 0 Å². The fourth-order valence-corrected chi connectivity index (χ4v) is 3.34. The molecule has 0 aromatic carbocycles. The van der Waals surface area contributed by atoms with Gasteiger partial charge in [-0.2, -0.15) is 0 Å². The van der Waals surface area contributed by atoms with Gasteiger partial charge in [-0.25, -0.2) is 4.98 Å². The molecule has 0 aliphatic carbocycles. The molecule has 0 bridgehead atoms. The Bertz CT molecular complexity index is 557. The molecule has 1 fully saturated rings. The molecule has 0 unspecified atom stereocenters. The summed E-state index contributed by atoms with van der Waals surface area (Å²) in [6, 6.07) is 1.97. The second kappa shape index (κ2) is 5.64. The third kappa shape index (κ3) is 2.88. The van der Waals surface area contributed by atoms with Crippen LogP contribution in [0.2, 0.25) is 0 Å². The van der Waals surface area contributed by atoms with E-state index in [0.717, 1.165) is 50.3 Å². The van der Waals surface area contributed by atoms with E-state index in [9.17, 15) is 4.79 Å². The van der Waals surface area contributed by atoms with Crippen molar-refractivity contribution < 1.29 is 4.79 Å². The highest BCUT2D eigenvalue weighted by molar-refractivity contribution is 5.98. The lowest BCUT2D eigenvalue weighted by Crippen LogP contribution is -2.39. The van der Waals surface area contributed by atoms with Crippen molar-refractivity contribution in [3.8, 4) is 0 Å². The Labute approximate surface area is 126 Å². The van der Waals surface area contributed by atoms with Crippen molar-refractivity contribution in [3.05, 3.63) is 22.9 Å². The SMILES string of the molecule is C[C@H]1CCCN(C(=O)c2cc3c(nc2N)CCN(C)C3)C1. The van der Waals surface area contributed by atoms with E-state index in [2.05, 4.69) is 23.9 Å². The van der Waals surface area contributed by atoms with E-state index >= 15 is 0 Å². The van der Waals surface area contributed by atoms with Crippen LogP contribution in [0.3, 0.4) is 0 Å². The number of fused-ring (bicyclic) bond motifs is 1. The summed E-state index contributed by atoms with van der Waals surface area (Å²) in [5.74, 6) is 1.00. The second-order valence-corrected chi connectivity index (χ2v) is 6.51. The van der Waals surface area contributed by atoms with Crippen LogP contribution >= 0.6 is 0 Å². The number of nitrogen functional groups attached to an aromatic ring is 1.